The predicted octanol–water partition coefficient (Wildman–Crippen LogP) is 3.13. The number of nitrogens with one attached hydrogen (secondary N) is 1. The van der Waals surface area contributed by atoms with Gasteiger partial charge in [-0.1, -0.05) is 25.6 Å². The van der Waals surface area contributed by atoms with Gasteiger partial charge in [-0.05, 0) is 13.8 Å². The van der Waals surface area contributed by atoms with Crippen molar-refractivity contribution in [1.29, 1.82) is 0 Å². The van der Waals surface area contributed by atoms with Crippen LogP contribution in [0.2, 0.25) is 0 Å². The minimum atomic E-state index is -4.09. The Morgan fingerprint density at radius 2 is 2.10 bits per heavy atom. The lowest BCUT2D eigenvalue weighted by molar-refractivity contribution is -0.117. The van der Waals surface area contributed by atoms with Crippen molar-refractivity contribution >= 4 is 59.5 Å². The van der Waals surface area contributed by atoms with Gasteiger partial charge in [0.15, 0.2) is 22.5 Å². The van der Waals surface area contributed by atoms with Gasteiger partial charge in [-0.3, -0.25) is 22.9 Å². The number of methoxy groups -OCH3 is 1. The van der Waals surface area contributed by atoms with Crippen LogP contribution in [0, 0.1) is 5.41 Å². The lowest BCUT2D eigenvalue weighted by atomic mass is 9.96. The summed E-state index contributed by atoms with van der Waals surface area (Å²) in [7, 11) is -1.67. The average Bonchev–Trinajstić information content (AvgIpc) is 3.44. The van der Waals surface area contributed by atoms with Crippen LogP contribution in [0.5, 0.6) is 5.88 Å². The summed E-state index contributed by atoms with van der Waals surface area (Å²) < 4.78 is 47.0. The number of thioether (sulfide) groups is 1. The van der Waals surface area contributed by atoms with Crippen LogP contribution in [-0.4, -0.2) is 88.0 Å². The fourth-order valence-corrected chi connectivity index (χ4v) is 6.10. The maximum atomic E-state index is 13.2. The first kappa shape index (κ1) is 32.3. The van der Waals surface area contributed by atoms with Gasteiger partial charge in [0.1, 0.15) is 11.0 Å². The molecule has 224 valence electrons. The molecule has 0 radical (unpaired) electrons. The number of ether oxygens (including phenoxy) is 3. The third-order valence-electron chi connectivity index (χ3n) is 5.92. The molecule has 1 aliphatic rings. The molecule has 40 heavy (non-hydrogen) atoms. The predicted molar refractivity (Wildman–Crippen MR) is 147 cm³/mol. The second-order valence-corrected chi connectivity index (χ2v) is 13.0. The molecular formula is C22H34ClN6O9PS. The van der Waals surface area contributed by atoms with E-state index in [1.807, 2.05) is 0 Å². The van der Waals surface area contributed by atoms with Gasteiger partial charge in [-0.2, -0.15) is 9.97 Å². The fraction of sp³-hybridized carbons (Fsp3) is 0.682. The number of alkyl carbamates (subject to hydrolysis) is 1. The van der Waals surface area contributed by atoms with Crippen molar-refractivity contribution in [2.75, 3.05) is 52.1 Å². The van der Waals surface area contributed by atoms with Crippen molar-refractivity contribution < 1.29 is 41.9 Å². The first-order chi connectivity index (χ1) is 18.8. The summed E-state index contributed by atoms with van der Waals surface area (Å²) in [5, 5.41) is 2.30. The van der Waals surface area contributed by atoms with E-state index in [1.54, 1.807) is 32.3 Å². The van der Waals surface area contributed by atoms with Gasteiger partial charge < -0.3 is 25.3 Å². The van der Waals surface area contributed by atoms with Gasteiger partial charge in [0.25, 0.3) is 0 Å². The van der Waals surface area contributed by atoms with E-state index < -0.39 is 36.5 Å². The Morgan fingerprint density at radius 1 is 1.38 bits per heavy atom. The van der Waals surface area contributed by atoms with Gasteiger partial charge in [-0.25, -0.2) is 14.3 Å². The maximum Gasteiger partial charge on any atom is 0.474 e. The summed E-state index contributed by atoms with van der Waals surface area (Å²) >= 11 is 7.85. The van der Waals surface area contributed by atoms with Gasteiger partial charge in [0.05, 0.1) is 38.7 Å². The lowest BCUT2D eigenvalue weighted by Crippen LogP contribution is -2.38. The minimum Gasteiger partial charge on any atom is -0.476 e. The molecule has 1 saturated heterocycles. The molecule has 1 amide bonds. The molecule has 18 heteroatoms. The zero-order valence-corrected chi connectivity index (χ0v) is 25.5. The quantitative estimate of drug-likeness (QED) is 0.188. The Kier molecular flexibility index (Phi) is 10.7. The highest BCUT2D eigenvalue weighted by molar-refractivity contribution is 8.13. The molecule has 2 aromatic rings. The second-order valence-electron chi connectivity index (χ2n) is 9.40. The zero-order valence-electron chi connectivity index (χ0n) is 23.0. The Morgan fingerprint density at radius 3 is 2.75 bits per heavy atom. The summed E-state index contributed by atoms with van der Waals surface area (Å²) in [4.78, 5) is 35.3. The highest BCUT2D eigenvalue weighted by Crippen LogP contribution is 2.55. The van der Waals surface area contributed by atoms with Crippen molar-refractivity contribution in [2.45, 2.75) is 44.9 Å². The lowest BCUT2D eigenvalue weighted by Gasteiger charge is -2.30. The van der Waals surface area contributed by atoms with Crippen molar-refractivity contribution in [1.82, 2.24) is 24.8 Å². The van der Waals surface area contributed by atoms with Crippen molar-refractivity contribution in [3.05, 3.63) is 6.33 Å². The summed E-state index contributed by atoms with van der Waals surface area (Å²) in [5.74, 6) is 0.364. The SMILES string of the molecule is CCOc1nc(N)nc2c1ncn2[C@@H]1OC[C@@H](OP(=O)(OC)OCCSC(=O)C(C)(C)CNC(=O)OC)[C@@]1(C)Cl. The van der Waals surface area contributed by atoms with Gasteiger partial charge in [0, 0.05) is 19.4 Å². The molecule has 3 rings (SSSR count). The molecule has 0 spiro atoms. The third-order valence-corrected chi connectivity index (χ3v) is 8.99. The molecule has 15 nitrogen and oxygen atoms in total. The molecule has 0 bridgehead atoms. The topological polar surface area (TPSA) is 188 Å². The van der Waals surface area contributed by atoms with E-state index in [-0.39, 0.29) is 42.5 Å². The number of carbonyl (C=O) groups is 2. The number of fused-ring (bicyclic) bond motifs is 1. The van der Waals surface area contributed by atoms with Gasteiger partial charge in [0.2, 0.25) is 11.8 Å². The summed E-state index contributed by atoms with van der Waals surface area (Å²) in [6.45, 7) is 7.08. The summed E-state index contributed by atoms with van der Waals surface area (Å²) in [6.07, 6.45) is -0.929. The number of phosphoric acid groups is 1. The second kappa shape index (κ2) is 13.2. The molecule has 0 aliphatic carbocycles. The van der Waals surface area contributed by atoms with E-state index in [2.05, 4.69) is 25.0 Å². The largest absolute Gasteiger partial charge is 0.476 e. The molecule has 0 saturated carbocycles. The standard InChI is InChI=1S/C22H34ClN6O9PS/c1-7-35-16-14-15(27-19(24)28-16)29(12-26-14)17-22(4,23)13(10-36-17)38-39(32,34-6)37-8-9-40-18(30)21(2,3)11-25-20(31)33-5/h12-13,17H,7-11H2,1-6H3,(H,25,31)(H2,24,27,28)/t13-,17-,22-,39?/m1/s1. The summed E-state index contributed by atoms with van der Waals surface area (Å²) in [5.41, 5.74) is 5.70. The van der Waals surface area contributed by atoms with Crippen LogP contribution in [0.3, 0.4) is 0 Å². The number of amides is 1. The van der Waals surface area contributed by atoms with Crippen LogP contribution in [0.25, 0.3) is 11.2 Å². The Balaban J connectivity index is 1.62. The van der Waals surface area contributed by atoms with Crippen molar-refractivity contribution in [2.24, 2.45) is 5.41 Å². The normalized spacial score (nSPS) is 22.7. The Bertz CT molecular complexity index is 1260. The van der Waals surface area contributed by atoms with Gasteiger partial charge >= 0.3 is 13.9 Å². The van der Waals surface area contributed by atoms with E-state index in [4.69, 9.17) is 40.4 Å². The van der Waals surface area contributed by atoms with E-state index in [0.717, 1.165) is 11.8 Å². The fourth-order valence-electron chi connectivity index (χ4n) is 3.66. The number of alkyl halides is 1. The van der Waals surface area contributed by atoms with E-state index in [0.29, 0.717) is 17.8 Å². The number of nitrogen functional groups attached to an aromatic ring is 1. The highest BCUT2D eigenvalue weighted by atomic mass is 35.5. The first-order valence-electron chi connectivity index (χ1n) is 12.2. The summed E-state index contributed by atoms with van der Waals surface area (Å²) in [6, 6.07) is 0. The molecule has 1 unspecified atom stereocenters. The Labute approximate surface area is 240 Å². The molecule has 4 atom stereocenters. The number of halogens is 1. The van der Waals surface area contributed by atoms with E-state index in [9.17, 15) is 14.2 Å². The average molecular weight is 625 g/mol. The molecule has 1 fully saturated rings. The molecule has 0 aromatic carbocycles. The van der Waals surface area contributed by atoms with Crippen LogP contribution in [0.4, 0.5) is 10.7 Å². The van der Waals surface area contributed by atoms with Crippen LogP contribution in [0.15, 0.2) is 6.33 Å². The monoisotopic (exact) mass is 624 g/mol. The molecular weight excluding hydrogens is 591 g/mol. The number of nitrogens with two attached hydrogens (primary N) is 1. The van der Waals surface area contributed by atoms with Crippen LogP contribution in [0.1, 0.15) is 33.9 Å². The number of hydrogen-bond donors (Lipinski definition) is 2. The number of phosphoric ester groups is 1. The van der Waals surface area contributed by atoms with Crippen LogP contribution >= 0.6 is 31.2 Å². The van der Waals surface area contributed by atoms with E-state index in [1.165, 1.54) is 20.5 Å². The number of aromatic nitrogens is 4. The number of imidazole rings is 1. The number of rotatable bonds is 13. The number of carbonyl (C=O) groups excluding carboxylic acids is 2. The highest BCUT2D eigenvalue weighted by Gasteiger charge is 2.52. The number of nitrogens with zero attached hydrogens (tertiary/aromatic N) is 4. The minimum absolute atomic E-state index is 0.0171. The number of hydrogen-bond acceptors (Lipinski definition) is 14. The maximum absolute atomic E-state index is 13.2. The van der Waals surface area contributed by atoms with Crippen molar-refractivity contribution in [3.8, 4) is 5.88 Å². The van der Waals surface area contributed by atoms with Crippen molar-refractivity contribution in [3.63, 3.8) is 0 Å². The molecule has 1 aliphatic heterocycles. The zero-order chi connectivity index (χ0) is 29.7. The molecule has 3 N–H and O–H groups in total. The van der Waals surface area contributed by atoms with Crippen LogP contribution < -0.4 is 15.8 Å². The smallest absolute Gasteiger partial charge is 0.474 e. The van der Waals surface area contributed by atoms with Gasteiger partial charge in [-0.15, -0.1) is 11.6 Å². The third kappa shape index (κ3) is 7.35. The van der Waals surface area contributed by atoms with E-state index >= 15 is 0 Å². The molecule has 3 heterocycles. The number of anilines is 1. The molecule has 2 aromatic heterocycles. The van der Waals surface area contributed by atoms with Crippen LogP contribution in [-0.2, 0) is 32.4 Å². The first-order valence-corrected chi connectivity index (χ1v) is 15.0. The Hall–Kier alpha value is -2.20.